The number of nitrogens with two attached hydrogens (primary N) is 1. The number of carbonyl (C=O) groups excluding carboxylic acids is 1. The number of Topliss-reactive ketones (excluding diaryl/α,β-unsaturated/α-hetero) is 1. The summed E-state index contributed by atoms with van der Waals surface area (Å²) < 4.78 is 0. The summed E-state index contributed by atoms with van der Waals surface area (Å²) in [6.07, 6.45) is 2.08. The molecule has 0 bridgehead atoms. The lowest BCUT2D eigenvalue weighted by molar-refractivity contribution is -0.128. The van der Waals surface area contributed by atoms with E-state index in [4.69, 9.17) is 5.73 Å². The topological polar surface area (TPSA) is 46.3 Å². The van der Waals surface area contributed by atoms with Crippen molar-refractivity contribution in [2.45, 2.75) is 59.9 Å². The molecule has 0 rings (SSSR count). The molecule has 0 heterocycles. The van der Waals surface area contributed by atoms with Gasteiger partial charge in [0.2, 0.25) is 0 Å². The van der Waals surface area contributed by atoms with Crippen molar-refractivity contribution in [3.8, 4) is 0 Å². The van der Waals surface area contributed by atoms with E-state index in [2.05, 4.69) is 25.7 Å². The molecule has 0 aliphatic carbocycles. The lowest BCUT2D eigenvalue weighted by Gasteiger charge is -2.36. The second kappa shape index (κ2) is 6.50. The first-order chi connectivity index (χ1) is 7.59. The smallest absolute Gasteiger partial charge is 0.152 e. The van der Waals surface area contributed by atoms with Crippen molar-refractivity contribution in [3.63, 3.8) is 0 Å². The van der Waals surface area contributed by atoms with Gasteiger partial charge in [0.1, 0.15) is 0 Å². The SMILES string of the molecule is CC(C)(C)C(=O)CN(CCCCN)C(C)(C)C. The summed E-state index contributed by atoms with van der Waals surface area (Å²) in [6.45, 7) is 14.6. The highest BCUT2D eigenvalue weighted by molar-refractivity contribution is 5.85. The zero-order valence-corrected chi connectivity index (χ0v) is 12.5. The minimum absolute atomic E-state index is 0.0372. The molecular weight excluding hydrogens is 212 g/mol. The van der Waals surface area contributed by atoms with Gasteiger partial charge in [-0.1, -0.05) is 20.8 Å². The van der Waals surface area contributed by atoms with Crippen LogP contribution in [0.1, 0.15) is 54.4 Å². The third-order valence-corrected chi connectivity index (χ3v) is 3.00. The van der Waals surface area contributed by atoms with E-state index in [0.29, 0.717) is 12.3 Å². The van der Waals surface area contributed by atoms with Gasteiger partial charge in [0, 0.05) is 11.0 Å². The molecule has 102 valence electrons. The molecule has 0 radical (unpaired) electrons. The Labute approximate surface area is 107 Å². The van der Waals surface area contributed by atoms with Gasteiger partial charge < -0.3 is 5.73 Å². The summed E-state index contributed by atoms with van der Waals surface area (Å²) in [5.41, 5.74) is 5.29. The Morgan fingerprint density at radius 3 is 1.94 bits per heavy atom. The monoisotopic (exact) mass is 242 g/mol. The van der Waals surface area contributed by atoms with Gasteiger partial charge in [0.05, 0.1) is 6.54 Å². The summed E-state index contributed by atoms with van der Waals surface area (Å²) in [7, 11) is 0. The van der Waals surface area contributed by atoms with Crippen LogP contribution in [0, 0.1) is 5.41 Å². The fourth-order valence-corrected chi connectivity index (χ4v) is 1.51. The molecule has 0 atom stereocenters. The maximum Gasteiger partial charge on any atom is 0.152 e. The number of unbranched alkanes of at least 4 members (excludes halogenated alkanes) is 1. The Morgan fingerprint density at radius 2 is 1.59 bits per heavy atom. The molecule has 3 nitrogen and oxygen atoms in total. The molecule has 2 N–H and O–H groups in total. The van der Waals surface area contributed by atoms with Gasteiger partial charge in [-0.2, -0.15) is 0 Å². The van der Waals surface area contributed by atoms with Gasteiger partial charge >= 0.3 is 0 Å². The second-order valence-electron chi connectivity index (χ2n) is 6.76. The van der Waals surface area contributed by atoms with Crippen LogP contribution in [-0.4, -0.2) is 35.9 Å². The number of hydrogen-bond acceptors (Lipinski definition) is 3. The van der Waals surface area contributed by atoms with Crippen molar-refractivity contribution < 1.29 is 4.79 Å². The zero-order chi connectivity index (χ0) is 13.7. The van der Waals surface area contributed by atoms with Gasteiger partial charge in [-0.05, 0) is 46.7 Å². The van der Waals surface area contributed by atoms with Crippen LogP contribution >= 0.6 is 0 Å². The zero-order valence-electron chi connectivity index (χ0n) is 12.5. The quantitative estimate of drug-likeness (QED) is 0.728. The summed E-state index contributed by atoms with van der Waals surface area (Å²) in [6, 6.07) is 0. The Balaban J connectivity index is 4.46. The Hall–Kier alpha value is -0.410. The first-order valence-electron chi connectivity index (χ1n) is 6.57. The highest BCUT2D eigenvalue weighted by Gasteiger charge is 2.28. The molecule has 0 aromatic carbocycles. The highest BCUT2D eigenvalue weighted by Crippen LogP contribution is 2.20. The van der Waals surface area contributed by atoms with E-state index in [-0.39, 0.29) is 11.0 Å². The van der Waals surface area contributed by atoms with Crippen molar-refractivity contribution in [2.75, 3.05) is 19.6 Å². The Kier molecular flexibility index (Phi) is 6.35. The maximum atomic E-state index is 12.1. The fourth-order valence-electron chi connectivity index (χ4n) is 1.51. The van der Waals surface area contributed by atoms with Crippen molar-refractivity contribution in [3.05, 3.63) is 0 Å². The van der Waals surface area contributed by atoms with E-state index in [0.717, 1.165) is 25.9 Å². The third kappa shape index (κ3) is 6.79. The van der Waals surface area contributed by atoms with Gasteiger partial charge in [0.15, 0.2) is 5.78 Å². The largest absolute Gasteiger partial charge is 0.330 e. The normalized spacial score (nSPS) is 13.2. The van der Waals surface area contributed by atoms with Gasteiger partial charge in [-0.15, -0.1) is 0 Å². The van der Waals surface area contributed by atoms with Crippen molar-refractivity contribution in [2.24, 2.45) is 11.1 Å². The van der Waals surface area contributed by atoms with E-state index >= 15 is 0 Å². The molecule has 0 aliphatic rings. The summed E-state index contributed by atoms with van der Waals surface area (Å²) >= 11 is 0. The molecule has 0 fully saturated rings. The Morgan fingerprint density at radius 1 is 1.06 bits per heavy atom. The van der Waals surface area contributed by atoms with E-state index in [1.807, 2.05) is 20.8 Å². The molecular formula is C14H30N2O. The van der Waals surface area contributed by atoms with Crippen LogP contribution in [0.3, 0.4) is 0 Å². The first-order valence-corrected chi connectivity index (χ1v) is 6.57. The summed E-state index contributed by atoms with van der Waals surface area (Å²) in [5.74, 6) is 0.306. The van der Waals surface area contributed by atoms with Crippen molar-refractivity contribution in [1.29, 1.82) is 0 Å². The van der Waals surface area contributed by atoms with Crippen molar-refractivity contribution >= 4 is 5.78 Å². The van der Waals surface area contributed by atoms with Crippen LogP contribution in [0.25, 0.3) is 0 Å². The number of hydrogen-bond donors (Lipinski definition) is 1. The third-order valence-electron chi connectivity index (χ3n) is 3.00. The average Bonchev–Trinajstić information content (AvgIpc) is 2.13. The average molecular weight is 242 g/mol. The predicted octanol–water partition coefficient (Wildman–Crippen LogP) is 2.44. The lowest BCUT2D eigenvalue weighted by atomic mass is 9.89. The first kappa shape index (κ1) is 16.6. The molecule has 0 amide bonds. The predicted molar refractivity (Wildman–Crippen MR) is 74.1 cm³/mol. The van der Waals surface area contributed by atoms with Crippen LogP contribution in [0.15, 0.2) is 0 Å². The van der Waals surface area contributed by atoms with Crippen LogP contribution in [0.5, 0.6) is 0 Å². The molecule has 0 saturated carbocycles. The summed E-state index contributed by atoms with van der Waals surface area (Å²) in [4.78, 5) is 14.3. The molecule has 0 aromatic rings. The van der Waals surface area contributed by atoms with E-state index in [9.17, 15) is 4.79 Å². The van der Waals surface area contributed by atoms with Gasteiger partial charge in [-0.3, -0.25) is 9.69 Å². The molecule has 3 heteroatoms. The van der Waals surface area contributed by atoms with Crippen molar-refractivity contribution in [1.82, 2.24) is 4.90 Å². The van der Waals surface area contributed by atoms with Crippen LogP contribution < -0.4 is 5.73 Å². The van der Waals surface area contributed by atoms with Gasteiger partial charge in [-0.25, -0.2) is 0 Å². The van der Waals surface area contributed by atoms with Crippen LogP contribution in [-0.2, 0) is 4.79 Å². The number of carbonyl (C=O) groups is 1. The second-order valence-corrected chi connectivity index (χ2v) is 6.76. The Bertz CT molecular complexity index is 236. The standard InChI is InChI=1S/C14H30N2O/c1-13(2,3)12(17)11-16(14(4,5)6)10-8-7-9-15/h7-11,15H2,1-6H3. The van der Waals surface area contributed by atoms with Crippen LogP contribution in [0.4, 0.5) is 0 Å². The number of ketones is 1. The van der Waals surface area contributed by atoms with E-state index < -0.39 is 0 Å². The van der Waals surface area contributed by atoms with E-state index in [1.54, 1.807) is 0 Å². The minimum Gasteiger partial charge on any atom is -0.330 e. The minimum atomic E-state index is -0.253. The lowest BCUT2D eigenvalue weighted by Crippen LogP contribution is -2.47. The molecule has 0 unspecified atom stereocenters. The van der Waals surface area contributed by atoms with Gasteiger partial charge in [0.25, 0.3) is 0 Å². The molecule has 0 aliphatic heterocycles. The fraction of sp³-hybridized carbons (Fsp3) is 0.929. The molecule has 0 aromatic heterocycles. The molecule has 0 saturated heterocycles. The maximum absolute atomic E-state index is 12.1. The van der Waals surface area contributed by atoms with Crippen LogP contribution in [0.2, 0.25) is 0 Å². The highest BCUT2D eigenvalue weighted by atomic mass is 16.1. The number of nitrogens with zero attached hydrogens (tertiary/aromatic N) is 1. The molecule has 0 spiro atoms. The molecule has 17 heavy (non-hydrogen) atoms. The van der Waals surface area contributed by atoms with E-state index in [1.165, 1.54) is 0 Å². The summed E-state index contributed by atoms with van der Waals surface area (Å²) in [5, 5.41) is 0. The number of rotatable bonds is 6.